The number of nitrogens with zero attached hydrogens (tertiary/aromatic N) is 2. The van der Waals surface area contributed by atoms with Gasteiger partial charge in [0, 0.05) is 0 Å². The first-order chi connectivity index (χ1) is 13.6. The second kappa shape index (κ2) is 7.25. The molecule has 1 aromatic heterocycles. The fraction of sp³-hybridized carbons (Fsp3) is 0.0455. The summed E-state index contributed by atoms with van der Waals surface area (Å²) in [5.41, 5.74) is 3.39. The first-order valence-corrected chi connectivity index (χ1v) is 8.49. The largest absolute Gasteiger partial charge is 0.482 e. The topological polar surface area (TPSA) is 96.3 Å². The first kappa shape index (κ1) is 17.3. The molecular weight excluding hydrogens is 356 g/mol. The van der Waals surface area contributed by atoms with Gasteiger partial charge in [-0.2, -0.15) is 5.26 Å². The van der Waals surface area contributed by atoms with Crippen LogP contribution in [0.4, 0.5) is 0 Å². The van der Waals surface area contributed by atoms with Crippen LogP contribution in [0.15, 0.2) is 71.1 Å². The molecule has 0 spiro atoms. The Kier molecular flexibility index (Phi) is 4.48. The predicted molar refractivity (Wildman–Crippen MR) is 102 cm³/mol. The van der Waals surface area contributed by atoms with Crippen molar-refractivity contribution < 1.29 is 19.1 Å². The van der Waals surface area contributed by atoms with Gasteiger partial charge in [-0.15, -0.1) is 0 Å². The Morgan fingerprint density at radius 2 is 1.89 bits per heavy atom. The number of oxazole rings is 1. The van der Waals surface area contributed by atoms with Crippen molar-refractivity contribution in [3.05, 3.63) is 83.7 Å². The molecule has 6 nitrogen and oxygen atoms in total. The van der Waals surface area contributed by atoms with Gasteiger partial charge < -0.3 is 14.3 Å². The highest BCUT2D eigenvalue weighted by Gasteiger charge is 2.12. The molecule has 3 aromatic carbocycles. The molecule has 0 aliphatic rings. The normalized spacial score (nSPS) is 10.5. The lowest BCUT2D eigenvalue weighted by molar-refractivity contribution is 0.0697. The third-order valence-corrected chi connectivity index (χ3v) is 4.24. The lowest BCUT2D eigenvalue weighted by Gasteiger charge is -2.08. The summed E-state index contributed by atoms with van der Waals surface area (Å²) in [6.45, 7) is 0.0179. The summed E-state index contributed by atoms with van der Waals surface area (Å²) in [7, 11) is 0. The molecule has 0 atom stereocenters. The molecule has 1 N–H and O–H groups in total. The van der Waals surface area contributed by atoms with Gasteiger partial charge in [0.1, 0.15) is 17.3 Å². The molecule has 28 heavy (non-hydrogen) atoms. The molecule has 0 radical (unpaired) electrons. The van der Waals surface area contributed by atoms with Gasteiger partial charge in [0.2, 0.25) is 5.89 Å². The highest BCUT2D eigenvalue weighted by molar-refractivity contribution is 5.91. The third kappa shape index (κ3) is 3.41. The van der Waals surface area contributed by atoms with Crippen LogP contribution in [0.25, 0.3) is 22.2 Å². The van der Waals surface area contributed by atoms with Crippen molar-refractivity contribution in [1.29, 1.82) is 5.26 Å². The standard InChI is InChI=1S/C22H14N2O4/c23-12-17-7-6-15(14-4-2-1-3-5-14)10-19(17)27-13-21-24-18-9-8-16(22(25)26)11-20(18)28-21/h1-11H,13H2,(H,25,26). The van der Waals surface area contributed by atoms with Crippen molar-refractivity contribution in [2.45, 2.75) is 6.61 Å². The number of hydrogen-bond acceptors (Lipinski definition) is 5. The number of fused-ring (bicyclic) bond motifs is 1. The lowest BCUT2D eigenvalue weighted by Crippen LogP contribution is -1.98. The van der Waals surface area contributed by atoms with E-state index in [0.29, 0.717) is 28.3 Å². The Morgan fingerprint density at radius 3 is 2.64 bits per heavy atom. The molecule has 0 aliphatic carbocycles. The van der Waals surface area contributed by atoms with E-state index in [9.17, 15) is 10.1 Å². The van der Waals surface area contributed by atoms with Gasteiger partial charge in [-0.25, -0.2) is 9.78 Å². The second-order valence-electron chi connectivity index (χ2n) is 6.07. The van der Waals surface area contributed by atoms with Crippen molar-refractivity contribution in [1.82, 2.24) is 4.98 Å². The van der Waals surface area contributed by atoms with Gasteiger partial charge in [-0.1, -0.05) is 36.4 Å². The van der Waals surface area contributed by atoms with Gasteiger partial charge in [-0.05, 0) is 41.5 Å². The van der Waals surface area contributed by atoms with E-state index in [1.54, 1.807) is 18.2 Å². The molecule has 1 heterocycles. The maximum atomic E-state index is 11.1. The van der Waals surface area contributed by atoms with Gasteiger partial charge in [0.05, 0.1) is 11.1 Å². The summed E-state index contributed by atoms with van der Waals surface area (Å²) in [6.07, 6.45) is 0. The molecule has 0 bridgehead atoms. The zero-order valence-corrected chi connectivity index (χ0v) is 14.6. The van der Waals surface area contributed by atoms with E-state index in [1.165, 1.54) is 12.1 Å². The number of nitriles is 1. The van der Waals surface area contributed by atoms with Crippen molar-refractivity contribution in [2.75, 3.05) is 0 Å². The van der Waals surface area contributed by atoms with Crippen LogP contribution < -0.4 is 4.74 Å². The number of hydrogen-bond donors (Lipinski definition) is 1. The van der Waals surface area contributed by atoms with Crippen LogP contribution in [0.5, 0.6) is 5.75 Å². The van der Waals surface area contributed by atoms with Crippen molar-refractivity contribution in [3.63, 3.8) is 0 Å². The molecule has 0 saturated heterocycles. The van der Waals surface area contributed by atoms with Crippen LogP contribution in [0.2, 0.25) is 0 Å². The van der Waals surface area contributed by atoms with Crippen molar-refractivity contribution in [3.8, 4) is 22.9 Å². The summed E-state index contributed by atoms with van der Waals surface area (Å²) in [6, 6.07) is 21.8. The highest BCUT2D eigenvalue weighted by Crippen LogP contribution is 2.28. The quantitative estimate of drug-likeness (QED) is 0.549. The van der Waals surface area contributed by atoms with Crippen LogP contribution in [-0.2, 0) is 6.61 Å². The van der Waals surface area contributed by atoms with E-state index in [4.69, 9.17) is 14.3 Å². The molecular formula is C22H14N2O4. The fourth-order valence-corrected chi connectivity index (χ4v) is 2.85. The average molecular weight is 370 g/mol. The van der Waals surface area contributed by atoms with Gasteiger partial charge in [0.15, 0.2) is 12.2 Å². The minimum absolute atomic E-state index is 0.0179. The summed E-state index contributed by atoms with van der Waals surface area (Å²) < 4.78 is 11.4. The minimum atomic E-state index is -1.03. The molecule has 0 fully saturated rings. The minimum Gasteiger partial charge on any atom is -0.482 e. The zero-order chi connectivity index (χ0) is 19.5. The lowest BCUT2D eigenvalue weighted by atomic mass is 10.0. The number of aromatic carboxylic acids is 1. The smallest absolute Gasteiger partial charge is 0.335 e. The average Bonchev–Trinajstić information content (AvgIpc) is 3.14. The Bertz CT molecular complexity index is 1210. The number of carboxylic acid groups (broad SMARTS) is 1. The van der Waals surface area contributed by atoms with Crippen molar-refractivity contribution >= 4 is 17.1 Å². The predicted octanol–water partition coefficient (Wildman–Crippen LogP) is 4.64. The first-order valence-electron chi connectivity index (χ1n) is 8.49. The van der Waals surface area contributed by atoms with Crippen molar-refractivity contribution in [2.24, 2.45) is 0 Å². The summed E-state index contributed by atoms with van der Waals surface area (Å²) >= 11 is 0. The molecule has 4 rings (SSSR count). The number of carbonyl (C=O) groups is 1. The van der Waals surface area contributed by atoms with E-state index in [0.717, 1.165) is 11.1 Å². The number of aromatic nitrogens is 1. The molecule has 0 saturated carbocycles. The summed E-state index contributed by atoms with van der Waals surface area (Å²) in [5, 5.41) is 18.4. The maximum absolute atomic E-state index is 11.1. The molecule has 4 aromatic rings. The third-order valence-electron chi connectivity index (χ3n) is 4.24. The number of carboxylic acids is 1. The Hall–Kier alpha value is -4.11. The van der Waals surface area contributed by atoms with Gasteiger partial charge in [-0.3, -0.25) is 0 Å². The fourth-order valence-electron chi connectivity index (χ4n) is 2.85. The van der Waals surface area contributed by atoms with E-state index in [2.05, 4.69) is 11.1 Å². The van der Waals surface area contributed by atoms with Crippen LogP contribution in [0.3, 0.4) is 0 Å². The van der Waals surface area contributed by atoms with E-state index in [-0.39, 0.29) is 12.2 Å². The number of ether oxygens (including phenoxy) is 1. The van der Waals surface area contributed by atoms with Gasteiger partial charge >= 0.3 is 5.97 Å². The maximum Gasteiger partial charge on any atom is 0.335 e. The monoisotopic (exact) mass is 370 g/mol. The molecule has 0 amide bonds. The number of rotatable bonds is 5. The van der Waals surface area contributed by atoms with E-state index < -0.39 is 5.97 Å². The summed E-state index contributed by atoms with van der Waals surface area (Å²) in [5.74, 6) is -0.309. The molecule has 136 valence electrons. The Labute approximate surface area is 160 Å². The van der Waals surface area contributed by atoms with Crippen LogP contribution >= 0.6 is 0 Å². The van der Waals surface area contributed by atoms with Crippen LogP contribution in [-0.4, -0.2) is 16.1 Å². The zero-order valence-electron chi connectivity index (χ0n) is 14.6. The van der Waals surface area contributed by atoms with Crippen LogP contribution in [0.1, 0.15) is 21.8 Å². The second-order valence-corrected chi connectivity index (χ2v) is 6.07. The van der Waals surface area contributed by atoms with E-state index in [1.807, 2.05) is 36.4 Å². The van der Waals surface area contributed by atoms with Crippen LogP contribution in [0, 0.1) is 11.3 Å². The molecule has 6 heteroatoms. The highest BCUT2D eigenvalue weighted by atomic mass is 16.5. The van der Waals surface area contributed by atoms with Gasteiger partial charge in [0.25, 0.3) is 0 Å². The Balaban J connectivity index is 1.60. The SMILES string of the molecule is N#Cc1ccc(-c2ccccc2)cc1OCc1nc2ccc(C(=O)O)cc2o1. The molecule has 0 aliphatic heterocycles. The summed E-state index contributed by atoms with van der Waals surface area (Å²) in [4.78, 5) is 15.4. The van der Waals surface area contributed by atoms with E-state index >= 15 is 0 Å². The Morgan fingerprint density at radius 1 is 1.07 bits per heavy atom. The number of benzene rings is 3. The molecule has 0 unspecified atom stereocenters.